The minimum atomic E-state index is -0.204. The molecule has 2 unspecified atom stereocenters. The quantitative estimate of drug-likeness (QED) is 0.844. The van der Waals surface area contributed by atoms with Crippen LogP contribution in [0.2, 0.25) is 0 Å². The van der Waals surface area contributed by atoms with E-state index in [1.807, 2.05) is 23.9 Å². The van der Waals surface area contributed by atoms with E-state index in [1.165, 1.54) is 6.07 Å². The average Bonchev–Trinajstić information content (AvgIpc) is 2.57. The van der Waals surface area contributed by atoms with Crippen molar-refractivity contribution in [2.75, 3.05) is 6.54 Å². The van der Waals surface area contributed by atoms with Crippen LogP contribution in [0.1, 0.15) is 17.9 Å². The number of hydrogen-bond donors (Lipinski definition) is 1. The highest BCUT2D eigenvalue weighted by atomic mass is 79.9. The number of hydrogen-bond acceptors (Lipinski definition) is 2. The summed E-state index contributed by atoms with van der Waals surface area (Å²) in [6, 6.07) is 5.19. The van der Waals surface area contributed by atoms with Gasteiger partial charge in [-0.1, -0.05) is 13.0 Å². The first kappa shape index (κ1) is 10.5. The molecule has 1 N–H and O–H groups in total. The third kappa shape index (κ3) is 2.12. The molecule has 1 heterocycles. The summed E-state index contributed by atoms with van der Waals surface area (Å²) in [7, 11) is 0. The Labute approximate surface area is 95.6 Å². The van der Waals surface area contributed by atoms with E-state index in [4.69, 9.17) is 0 Å². The van der Waals surface area contributed by atoms with Gasteiger partial charge < -0.3 is 5.32 Å². The SMILES string of the molecule is CC1CNC(c2ccc(F)c(Br)c2)S1. The van der Waals surface area contributed by atoms with Crippen molar-refractivity contribution in [3.63, 3.8) is 0 Å². The van der Waals surface area contributed by atoms with Crippen molar-refractivity contribution < 1.29 is 4.39 Å². The Hall–Kier alpha value is -0.0600. The lowest BCUT2D eigenvalue weighted by molar-refractivity contribution is 0.619. The van der Waals surface area contributed by atoms with Crippen molar-refractivity contribution in [3.05, 3.63) is 34.1 Å². The predicted molar refractivity (Wildman–Crippen MR) is 61.9 cm³/mol. The molecule has 0 aromatic heterocycles. The van der Waals surface area contributed by atoms with Crippen LogP contribution in [-0.2, 0) is 0 Å². The van der Waals surface area contributed by atoms with Crippen LogP contribution in [0.25, 0.3) is 0 Å². The lowest BCUT2D eigenvalue weighted by Gasteiger charge is -2.10. The predicted octanol–water partition coefficient (Wildman–Crippen LogP) is 3.31. The van der Waals surface area contributed by atoms with E-state index in [2.05, 4.69) is 28.2 Å². The summed E-state index contributed by atoms with van der Waals surface area (Å²) >= 11 is 5.07. The summed E-state index contributed by atoms with van der Waals surface area (Å²) in [4.78, 5) is 0. The van der Waals surface area contributed by atoms with E-state index in [-0.39, 0.29) is 5.82 Å². The van der Waals surface area contributed by atoms with E-state index >= 15 is 0 Å². The number of halogens is 2. The molecule has 2 atom stereocenters. The summed E-state index contributed by atoms with van der Waals surface area (Å²) in [6.07, 6.45) is 0. The third-order valence-corrected chi connectivity index (χ3v) is 4.16. The molecule has 1 aliphatic rings. The zero-order chi connectivity index (χ0) is 10.1. The Kier molecular flexibility index (Phi) is 3.14. The second-order valence-electron chi connectivity index (χ2n) is 3.41. The first-order valence-electron chi connectivity index (χ1n) is 4.50. The van der Waals surface area contributed by atoms with Crippen LogP contribution in [0.5, 0.6) is 0 Å². The highest BCUT2D eigenvalue weighted by Gasteiger charge is 2.22. The van der Waals surface area contributed by atoms with Gasteiger partial charge in [0.05, 0.1) is 9.85 Å². The van der Waals surface area contributed by atoms with Gasteiger partial charge in [0.25, 0.3) is 0 Å². The van der Waals surface area contributed by atoms with E-state index in [0.717, 1.165) is 12.1 Å². The van der Waals surface area contributed by atoms with Crippen LogP contribution in [0.3, 0.4) is 0 Å². The number of thioether (sulfide) groups is 1. The molecule has 14 heavy (non-hydrogen) atoms. The molecule has 1 aromatic rings. The first-order chi connectivity index (χ1) is 6.66. The summed E-state index contributed by atoms with van der Waals surface area (Å²) in [5, 5.41) is 4.32. The minimum absolute atomic E-state index is 0.204. The fourth-order valence-corrected chi connectivity index (χ4v) is 3.02. The molecule has 1 nitrogen and oxygen atoms in total. The van der Waals surface area contributed by atoms with Crippen LogP contribution < -0.4 is 5.32 Å². The highest BCUT2D eigenvalue weighted by Crippen LogP contribution is 2.35. The Bertz CT molecular complexity index is 345. The molecule has 1 aliphatic heterocycles. The Morgan fingerprint density at radius 1 is 1.57 bits per heavy atom. The molecule has 0 radical (unpaired) electrons. The van der Waals surface area contributed by atoms with E-state index in [0.29, 0.717) is 15.1 Å². The third-order valence-electron chi connectivity index (χ3n) is 2.21. The van der Waals surface area contributed by atoms with Gasteiger partial charge in [0.2, 0.25) is 0 Å². The first-order valence-corrected chi connectivity index (χ1v) is 6.24. The van der Waals surface area contributed by atoms with Gasteiger partial charge in [-0.3, -0.25) is 0 Å². The lowest BCUT2D eigenvalue weighted by Crippen LogP contribution is -2.13. The number of nitrogens with one attached hydrogen (secondary N) is 1. The van der Waals surface area contributed by atoms with Crippen molar-refractivity contribution in [1.29, 1.82) is 0 Å². The summed E-state index contributed by atoms with van der Waals surface area (Å²) in [5.41, 5.74) is 1.13. The van der Waals surface area contributed by atoms with Gasteiger partial charge in [0.1, 0.15) is 5.82 Å². The monoisotopic (exact) mass is 275 g/mol. The number of rotatable bonds is 1. The maximum Gasteiger partial charge on any atom is 0.137 e. The second-order valence-corrected chi connectivity index (χ2v) is 5.81. The van der Waals surface area contributed by atoms with Gasteiger partial charge >= 0.3 is 0 Å². The zero-order valence-corrected chi connectivity index (χ0v) is 10.2. The zero-order valence-electron chi connectivity index (χ0n) is 7.76. The summed E-state index contributed by atoms with van der Waals surface area (Å²) in [6.45, 7) is 3.21. The smallest absolute Gasteiger partial charge is 0.137 e. The Morgan fingerprint density at radius 2 is 2.36 bits per heavy atom. The van der Waals surface area contributed by atoms with Crippen LogP contribution in [0.15, 0.2) is 22.7 Å². The number of benzene rings is 1. The van der Waals surface area contributed by atoms with E-state index < -0.39 is 0 Å². The minimum Gasteiger partial charge on any atom is -0.301 e. The molecular formula is C10H11BrFNS. The molecule has 0 amide bonds. The normalized spacial score (nSPS) is 26.8. The van der Waals surface area contributed by atoms with Gasteiger partial charge in [-0.15, -0.1) is 11.8 Å². The molecule has 0 aliphatic carbocycles. The van der Waals surface area contributed by atoms with Crippen molar-refractivity contribution in [2.24, 2.45) is 0 Å². The molecule has 0 saturated carbocycles. The standard InChI is InChI=1S/C10H11BrFNS/c1-6-5-13-10(14-6)7-2-3-9(12)8(11)4-7/h2-4,6,10,13H,5H2,1H3. The maximum atomic E-state index is 13.0. The van der Waals surface area contributed by atoms with E-state index in [9.17, 15) is 4.39 Å². The van der Waals surface area contributed by atoms with E-state index in [1.54, 1.807) is 0 Å². The van der Waals surface area contributed by atoms with Gasteiger partial charge in [0.15, 0.2) is 0 Å². The van der Waals surface area contributed by atoms with Crippen LogP contribution in [0.4, 0.5) is 4.39 Å². The molecule has 0 spiro atoms. The van der Waals surface area contributed by atoms with Crippen molar-refractivity contribution in [3.8, 4) is 0 Å². The molecule has 1 aromatic carbocycles. The molecule has 2 rings (SSSR count). The van der Waals surface area contributed by atoms with Crippen LogP contribution >= 0.6 is 27.7 Å². The lowest BCUT2D eigenvalue weighted by atomic mass is 10.2. The van der Waals surface area contributed by atoms with Gasteiger partial charge in [0, 0.05) is 11.8 Å². The summed E-state index contributed by atoms with van der Waals surface area (Å²) < 4.78 is 13.5. The average molecular weight is 276 g/mol. The largest absolute Gasteiger partial charge is 0.301 e. The highest BCUT2D eigenvalue weighted by molar-refractivity contribution is 9.10. The van der Waals surface area contributed by atoms with Crippen molar-refractivity contribution >= 4 is 27.7 Å². The van der Waals surface area contributed by atoms with Crippen LogP contribution in [-0.4, -0.2) is 11.8 Å². The fourth-order valence-electron chi connectivity index (χ4n) is 1.47. The molecule has 0 bridgehead atoms. The fraction of sp³-hybridized carbons (Fsp3) is 0.400. The summed E-state index contributed by atoms with van der Waals surface area (Å²) in [5.74, 6) is -0.204. The molecule has 4 heteroatoms. The Morgan fingerprint density at radius 3 is 2.93 bits per heavy atom. The van der Waals surface area contributed by atoms with Crippen LogP contribution in [0, 0.1) is 5.82 Å². The van der Waals surface area contributed by atoms with Gasteiger partial charge in [-0.2, -0.15) is 0 Å². The van der Waals surface area contributed by atoms with Gasteiger partial charge in [-0.05, 0) is 33.6 Å². The topological polar surface area (TPSA) is 12.0 Å². The van der Waals surface area contributed by atoms with Crippen molar-refractivity contribution in [1.82, 2.24) is 5.32 Å². The molecular weight excluding hydrogens is 265 g/mol. The second kappa shape index (κ2) is 4.21. The molecule has 1 fully saturated rings. The molecule has 1 saturated heterocycles. The Balaban J connectivity index is 2.20. The van der Waals surface area contributed by atoms with Gasteiger partial charge in [-0.25, -0.2) is 4.39 Å². The maximum absolute atomic E-state index is 13.0. The molecule has 76 valence electrons. The van der Waals surface area contributed by atoms with Crippen molar-refractivity contribution in [2.45, 2.75) is 17.5 Å².